The first-order valence-electron chi connectivity index (χ1n) is 8.78. The topological polar surface area (TPSA) is 79.2 Å². The Morgan fingerprint density at radius 3 is 2.33 bits per heavy atom. The van der Waals surface area contributed by atoms with Gasteiger partial charge in [-0.25, -0.2) is 4.79 Å². The molecule has 2 aromatic rings. The molecule has 0 saturated heterocycles. The molecule has 0 heterocycles. The summed E-state index contributed by atoms with van der Waals surface area (Å²) in [6, 6.07) is 15.5. The number of nitrogens with one attached hydrogen (secondary N) is 1. The molecule has 1 N–H and O–H groups in total. The maximum atomic E-state index is 12.3. The van der Waals surface area contributed by atoms with Gasteiger partial charge in [0.05, 0.1) is 11.6 Å². The monoisotopic (exact) mass is 364 g/mol. The first-order valence-corrected chi connectivity index (χ1v) is 8.78. The van der Waals surface area contributed by atoms with E-state index in [4.69, 9.17) is 10.00 Å². The minimum atomic E-state index is -0.797. The fraction of sp³-hybridized carbons (Fsp3) is 0.318. The smallest absolute Gasteiger partial charge is 0.328 e. The van der Waals surface area contributed by atoms with E-state index in [0.29, 0.717) is 16.7 Å². The number of benzene rings is 2. The summed E-state index contributed by atoms with van der Waals surface area (Å²) in [5.74, 6) is -0.889. The van der Waals surface area contributed by atoms with Crippen molar-refractivity contribution in [2.75, 3.05) is 0 Å². The van der Waals surface area contributed by atoms with Crippen LogP contribution in [0.2, 0.25) is 0 Å². The van der Waals surface area contributed by atoms with Gasteiger partial charge in [0, 0.05) is 11.1 Å². The molecule has 0 saturated carbocycles. The van der Waals surface area contributed by atoms with Crippen LogP contribution in [0.25, 0.3) is 0 Å². The summed E-state index contributed by atoms with van der Waals surface area (Å²) >= 11 is 0. The first kappa shape index (κ1) is 20.2. The zero-order valence-corrected chi connectivity index (χ0v) is 16.1. The van der Waals surface area contributed by atoms with Gasteiger partial charge in [-0.05, 0) is 36.1 Å². The summed E-state index contributed by atoms with van der Waals surface area (Å²) in [6.45, 7) is 7.86. The molecule has 0 aliphatic carbocycles. The standard InChI is InChI=1S/C22H24N2O3/c1-15(21(26)27-14-18-8-6-5-7-17(18)13-23)24-20(25)16-9-11-19(12-10-16)22(2,3)4/h5-12,15H,14H2,1-4H3,(H,24,25)/t15-/m0/s1. The van der Waals surface area contributed by atoms with Gasteiger partial charge >= 0.3 is 5.97 Å². The molecule has 140 valence electrons. The van der Waals surface area contributed by atoms with Crippen LogP contribution < -0.4 is 5.32 Å². The lowest BCUT2D eigenvalue weighted by molar-refractivity contribution is -0.146. The minimum Gasteiger partial charge on any atom is -0.459 e. The van der Waals surface area contributed by atoms with Gasteiger partial charge in [-0.2, -0.15) is 5.26 Å². The molecule has 2 rings (SSSR count). The summed E-state index contributed by atoms with van der Waals surface area (Å²) in [4.78, 5) is 24.5. The number of carbonyl (C=O) groups excluding carboxylic acids is 2. The van der Waals surface area contributed by atoms with Crippen LogP contribution in [0.3, 0.4) is 0 Å². The number of esters is 1. The fourth-order valence-electron chi connectivity index (χ4n) is 2.49. The average molecular weight is 364 g/mol. The fourth-order valence-corrected chi connectivity index (χ4v) is 2.49. The van der Waals surface area contributed by atoms with Crippen molar-refractivity contribution in [3.8, 4) is 6.07 Å². The molecule has 0 aliphatic rings. The molecule has 0 aromatic heterocycles. The van der Waals surface area contributed by atoms with Crippen molar-refractivity contribution >= 4 is 11.9 Å². The minimum absolute atomic E-state index is 0.00578. The number of hydrogen-bond donors (Lipinski definition) is 1. The number of amides is 1. The summed E-state index contributed by atoms with van der Waals surface area (Å²) in [6.07, 6.45) is 0. The lowest BCUT2D eigenvalue weighted by Crippen LogP contribution is -2.39. The Balaban J connectivity index is 1.93. The highest BCUT2D eigenvalue weighted by Gasteiger charge is 2.19. The summed E-state index contributed by atoms with van der Waals surface area (Å²) in [5.41, 5.74) is 2.71. The molecule has 27 heavy (non-hydrogen) atoms. The highest BCUT2D eigenvalue weighted by molar-refractivity contribution is 5.96. The zero-order valence-electron chi connectivity index (χ0n) is 16.1. The predicted octanol–water partition coefficient (Wildman–Crippen LogP) is 3.72. The number of hydrogen-bond acceptors (Lipinski definition) is 4. The van der Waals surface area contributed by atoms with Crippen LogP contribution in [0.15, 0.2) is 48.5 Å². The molecular formula is C22H24N2O3. The van der Waals surface area contributed by atoms with E-state index in [-0.39, 0.29) is 17.9 Å². The van der Waals surface area contributed by atoms with E-state index in [1.165, 1.54) is 0 Å². The molecule has 2 aromatic carbocycles. The van der Waals surface area contributed by atoms with E-state index < -0.39 is 12.0 Å². The summed E-state index contributed by atoms with van der Waals surface area (Å²) in [7, 11) is 0. The Bertz CT molecular complexity index is 858. The van der Waals surface area contributed by atoms with Gasteiger partial charge in [0.15, 0.2) is 0 Å². The second kappa shape index (κ2) is 8.50. The Hall–Kier alpha value is -3.13. The van der Waals surface area contributed by atoms with E-state index in [1.807, 2.05) is 12.1 Å². The van der Waals surface area contributed by atoms with Crippen LogP contribution in [0.5, 0.6) is 0 Å². The molecule has 0 aliphatic heterocycles. The molecule has 0 spiro atoms. The zero-order chi connectivity index (χ0) is 20.0. The van der Waals surface area contributed by atoms with Crippen LogP contribution in [0, 0.1) is 11.3 Å². The Morgan fingerprint density at radius 2 is 1.74 bits per heavy atom. The number of nitrogens with zero attached hydrogens (tertiary/aromatic N) is 1. The Labute approximate surface area is 160 Å². The SMILES string of the molecule is C[C@H](NC(=O)c1ccc(C(C)(C)C)cc1)C(=O)OCc1ccccc1C#N. The quantitative estimate of drug-likeness (QED) is 0.820. The van der Waals surface area contributed by atoms with Gasteiger partial charge in [-0.3, -0.25) is 4.79 Å². The Morgan fingerprint density at radius 1 is 1.11 bits per heavy atom. The Kier molecular flexibility index (Phi) is 6.36. The van der Waals surface area contributed by atoms with E-state index in [0.717, 1.165) is 5.56 Å². The van der Waals surface area contributed by atoms with Crippen LogP contribution in [0.4, 0.5) is 0 Å². The lowest BCUT2D eigenvalue weighted by Gasteiger charge is -2.19. The lowest BCUT2D eigenvalue weighted by atomic mass is 9.86. The molecule has 0 fully saturated rings. The van der Waals surface area contributed by atoms with Crippen molar-refractivity contribution < 1.29 is 14.3 Å². The van der Waals surface area contributed by atoms with Gasteiger partial charge in [0.2, 0.25) is 0 Å². The van der Waals surface area contributed by atoms with E-state index in [1.54, 1.807) is 43.3 Å². The molecule has 5 nitrogen and oxygen atoms in total. The number of rotatable bonds is 5. The average Bonchev–Trinajstić information content (AvgIpc) is 2.65. The molecule has 0 bridgehead atoms. The predicted molar refractivity (Wildman–Crippen MR) is 103 cm³/mol. The normalized spacial score (nSPS) is 12.0. The van der Waals surface area contributed by atoms with E-state index in [2.05, 4.69) is 32.2 Å². The molecule has 0 unspecified atom stereocenters. The van der Waals surface area contributed by atoms with Crippen LogP contribution in [-0.2, 0) is 21.6 Å². The first-order chi connectivity index (χ1) is 12.7. The van der Waals surface area contributed by atoms with E-state index >= 15 is 0 Å². The van der Waals surface area contributed by atoms with Crippen LogP contribution in [0.1, 0.15) is 54.7 Å². The van der Waals surface area contributed by atoms with Crippen molar-refractivity contribution in [3.63, 3.8) is 0 Å². The largest absolute Gasteiger partial charge is 0.459 e. The number of carbonyl (C=O) groups is 2. The van der Waals surface area contributed by atoms with Crippen molar-refractivity contribution in [2.24, 2.45) is 0 Å². The summed E-state index contributed by atoms with van der Waals surface area (Å²) in [5, 5.41) is 11.7. The van der Waals surface area contributed by atoms with Crippen molar-refractivity contribution in [1.82, 2.24) is 5.32 Å². The number of nitriles is 1. The molecule has 5 heteroatoms. The highest BCUT2D eigenvalue weighted by atomic mass is 16.5. The second-order valence-corrected chi connectivity index (χ2v) is 7.40. The molecule has 1 amide bonds. The van der Waals surface area contributed by atoms with Crippen molar-refractivity contribution in [3.05, 3.63) is 70.8 Å². The third-order valence-electron chi connectivity index (χ3n) is 4.22. The maximum Gasteiger partial charge on any atom is 0.328 e. The van der Waals surface area contributed by atoms with Crippen molar-refractivity contribution in [1.29, 1.82) is 5.26 Å². The van der Waals surface area contributed by atoms with Gasteiger partial charge < -0.3 is 10.1 Å². The number of ether oxygens (including phenoxy) is 1. The van der Waals surface area contributed by atoms with Crippen LogP contribution in [-0.4, -0.2) is 17.9 Å². The third-order valence-corrected chi connectivity index (χ3v) is 4.22. The third kappa shape index (κ3) is 5.42. The molecule has 1 atom stereocenters. The van der Waals surface area contributed by atoms with Crippen LogP contribution >= 0.6 is 0 Å². The van der Waals surface area contributed by atoms with Gasteiger partial charge in [0.1, 0.15) is 12.6 Å². The second-order valence-electron chi connectivity index (χ2n) is 7.40. The molecular weight excluding hydrogens is 340 g/mol. The van der Waals surface area contributed by atoms with Crippen molar-refractivity contribution in [2.45, 2.75) is 45.8 Å². The maximum absolute atomic E-state index is 12.3. The summed E-state index contributed by atoms with van der Waals surface area (Å²) < 4.78 is 5.23. The molecule has 0 radical (unpaired) electrons. The highest BCUT2D eigenvalue weighted by Crippen LogP contribution is 2.22. The van der Waals surface area contributed by atoms with Gasteiger partial charge in [0.25, 0.3) is 5.91 Å². The van der Waals surface area contributed by atoms with Gasteiger partial charge in [-0.15, -0.1) is 0 Å². The van der Waals surface area contributed by atoms with Gasteiger partial charge in [-0.1, -0.05) is 51.1 Å². The van der Waals surface area contributed by atoms with E-state index in [9.17, 15) is 9.59 Å².